The summed E-state index contributed by atoms with van der Waals surface area (Å²) in [4.78, 5) is 12.5. The van der Waals surface area contributed by atoms with Gasteiger partial charge in [0.1, 0.15) is 0 Å². The van der Waals surface area contributed by atoms with E-state index in [0.29, 0.717) is 21.0 Å². The predicted octanol–water partition coefficient (Wildman–Crippen LogP) is 5.79. The van der Waals surface area contributed by atoms with E-state index in [1.807, 2.05) is 31.2 Å². The topological polar surface area (TPSA) is 29.1 Å². The molecule has 0 aliphatic carbocycles. The summed E-state index contributed by atoms with van der Waals surface area (Å²) >= 11 is 9.53. The van der Waals surface area contributed by atoms with Gasteiger partial charge in [-0.1, -0.05) is 49.7 Å². The Morgan fingerprint density at radius 1 is 1.19 bits per heavy atom. The highest BCUT2D eigenvalue weighted by Crippen LogP contribution is 2.30. The summed E-state index contributed by atoms with van der Waals surface area (Å²) < 4.78 is 0.714. The Kier molecular flexibility index (Phi) is 5.07. The van der Waals surface area contributed by atoms with E-state index in [-0.39, 0.29) is 5.91 Å². The Labute approximate surface area is 138 Å². The zero-order valence-corrected chi connectivity index (χ0v) is 14.5. The molecular weight excluding hydrogens is 350 g/mol. The second-order valence-corrected chi connectivity index (χ2v) is 6.48. The van der Waals surface area contributed by atoms with Crippen LogP contribution in [0.2, 0.25) is 5.02 Å². The van der Waals surface area contributed by atoms with Crippen molar-refractivity contribution in [3.63, 3.8) is 0 Å². The molecule has 2 rings (SSSR count). The van der Waals surface area contributed by atoms with Crippen LogP contribution in [0.4, 0.5) is 5.69 Å². The number of anilines is 1. The lowest BCUT2D eigenvalue weighted by atomic mass is 9.98. The molecule has 2 aromatic carbocycles. The molecule has 0 saturated carbocycles. The van der Waals surface area contributed by atoms with Gasteiger partial charge in [-0.3, -0.25) is 4.79 Å². The normalized spacial score (nSPS) is 10.8. The molecule has 1 N–H and O–H groups in total. The second kappa shape index (κ2) is 6.63. The van der Waals surface area contributed by atoms with Crippen molar-refractivity contribution in [3.05, 3.63) is 62.6 Å². The largest absolute Gasteiger partial charge is 0.321 e. The Bertz CT molecular complexity index is 682. The minimum atomic E-state index is -0.197. The Balaban J connectivity index is 2.39. The quantitative estimate of drug-likeness (QED) is 0.732. The predicted molar refractivity (Wildman–Crippen MR) is 92.4 cm³/mol. The molecule has 0 bridgehead atoms. The number of rotatable bonds is 3. The molecule has 110 valence electrons. The Morgan fingerprint density at radius 2 is 1.86 bits per heavy atom. The minimum Gasteiger partial charge on any atom is -0.321 e. The molecule has 0 radical (unpaired) electrons. The highest BCUT2D eigenvalue weighted by molar-refractivity contribution is 9.10. The van der Waals surface area contributed by atoms with Gasteiger partial charge in [0, 0.05) is 10.2 Å². The maximum Gasteiger partial charge on any atom is 0.257 e. The van der Waals surface area contributed by atoms with E-state index >= 15 is 0 Å². The van der Waals surface area contributed by atoms with Gasteiger partial charge in [0.25, 0.3) is 5.91 Å². The van der Waals surface area contributed by atoms with Gasteiger partial charge in [0.15, 0.2) is 0 Å². The lowest BCUT2D eigenvalue weighted by molar-refractivity contribution is 0.102. The molecular formula is C17H17BrClNO. The van der Waals surface area contributed by atoms with Gasteiger partial charge in [0.05, 0.1) is 10.6 Å². The number of hydrogen-bond acceptors (Lipinski definition) is 1. The first kappa shape index (κ1) is 16.1. The molecule has 0 aromatic heterocycles. The molecule has 4 heteroatoms. The Hall–Kier alpha value is -1.32. The average Bonchev–Trinajstić information content (AvgIpc) is 2.43. The van der Waals surface area contributed by atoms with E-state index < -0.39 is 0 Å². The van der Waals surface area contributed by atoms with Crippen molar-refractivity contribution >= 4 is 39.1 Å². The fourth-order valence-corrected chi connectivity index (χ4v) is 2.78. The molecule has 0 atom stereocenters. The number of halogens is 2. The number of para-hydroxylation sites is 1. The number of amides is 1. The zero-order valence-electron chi connectivity index (χ0n) is 12.2. The maximum atomic E-state index is 12.5. The van der Waals surface area contributed by atoms with Crippen LogP contribution in [-0.2, 0) is 0 Å². The van der Waals surface area contributed by atoms with Crippen molar-refractivity contribution in [2.24, 2.45) is 0 Å². The lowest BCUT2D eigenvalue weighted by Crippen LogP contribution is -2.15. The average molecular weight is 367 g/mol. The molecule has 0 heterocycles. The first-order chi connectivity index (χ1) is 9.91. The van der Waals surface area contributed by atoms with Crippen LogP contribution in [-0.4, -0.2) is 5.91 Å². The van der Waals surface area contributed by atoms with E-state index in [4.69, 9.17) is 11.6 Å². The van der Waals surface area contributed by atoms with E-state index in [1.165, 1.54) is 0 Å². The van der Waals surface area contributed by atoms with Crippen LogP contribution < -0.4 is 5.32 Å². The fraction of sp³-hybridized carbons (Fsp3) is 0.235. The first-order valence-electron chi connectivity index (χ1n) is 6.76. The van der Waals surface area contributed by atoms with Gasteiger partial charge in [0.2, 0.25) is 0 Å². The van der Waals surface area contributed by atoms with Gasteiger partial charge < -0.3 is 5.32 Å². The van der Waals surface area contributed by atoms with Crippen molar-refractivity contribution < 1.29 is 4.79 Å². The summed E-state index contributed by atoms with van der Waals surface area (Å²) in [6, 6.07) is 11.4. The Morgan fingerprint density at radius 3 is 2.52 bits per heavy atom. The molecule has 0 aliphatic rings. The third-order valence-electron chi connectivity index (χ3n) is 3.36. The smallest absolute Gasteiger partial charge is 0.257 e. The molecule has 0 saturated heterocycles. The number of aryl methyl sites for hydroxylation is 1. The fourth-order valence-electron chi connectivity index (χ4n) is 2.20. The number of carbonyl (C=O) groups is 1. The van der Waals surface area contributed by atoms with Crippen LogP contribution in [0.25, 0.3) is 0 Å². The summed E-state index contributed by atoms with van der Waals surface area (Å²) in [5.41, 5.74) is 3.49. The number of benzene rings is 2. The molecule has 1 amide bonds. The summed E-state index contributed by atoms with van der Waals surface area (Å²) in [5, 5.41) is 3.43. The highest BCUT2D eigenvalue weighted by atomic mass is 79.9. The summed E-state index contributed by atoms with van der Waals surface area (Å²) in [6.07, 6.45) is 0. The standard InChI is InChI=1S/C17H17BrClNO/c1-10(2)12-7-4-6-11(3)16(12)20-17(21)13-8-5-9-14(18)15(13)19/h4-10H,1-3H3,(H,20,21). The van der Waals surface area contributed by atoms with Crippen molar-refractivity contribution in [2.75, 3.05) is 5.32 Å². The number of nitrogens with one attached hydrogen (secondary N) is 1. The maximum absolute atomic E-state index is 12.5. The molecule has 0 fully saturated rings. The minimum absolute atomic E-state index is 0.197. The van der Waals surface area contributed by atoms with E-state index in [9.17, 15) is 4.79 Å². The second-order valence-electron chi connectivity index (χ2n) is 5.25. The van der Waals surface area contributed by atoms with E-state index in [1.54, 1.807) is 12.1 Å². The van der Waals surface area contributed by atoms with Crippen LogP contribution in [0, 0.1) is 6.92 Å². The monoisotopic (exact) mass is 365 g/mol. The third kappa shape index (κ3) is 3.47. The van der Waals surface area contributed by atoms with E-state index in [0.717, 1.165) is 16.8 Å². The van der Waals surface area contributed by atoms with Gasteiger partial charge in [-0.05, 0) is 52.0 Å². The summed E-state index contributed by atoms with van der Waals surface area (Å²) in [6.45, 7) is 6.21. The van der Waals surface area contributed by atoms with Crippen LogP contribution in [0.3, 0.4) is 0 Å². The van der Waals surface area contributed by atoms with Crippen LogP contribution >= 0.6 is 27.5 Å². The molecule has 0 unspecified atom stereocenters. The molecule has 0 aliphatic heterocycles. The van der Waals surface area contributed by atoms with Crippen molar-refractivity contribution in [1.29, 1.82) is 0 Å². The van der Waals surface area contributed by atoms with Crippen LogP contribution in [0.15, 0.2) is 40.9 Å². The van der Waals surface area contributed by atoms with Gasteiger partial charge in [-0.25, -0.2) is 0 Å². The first-order valence-corrected chi connectivity index (χ1v) is 7.93. The van der Waals surface area contributed by atoms with Crippen LogP contribution in [0.5, 0.6) is 0 Å². The third-order valence-corrected chi connectivity index (χ3v) is 4.66. The zero-order chi connectivity index (χ0) is 15.6. The molecule has 2 aromatic rings. The highest BCUT2D eigenvalue weighted by Gasteiger charge is 2.16. The molecule has 21 heavy (non-hydrogen) atoms. The molecule has 2 nitrogen and oxygen atoms in total. The SMILES string of the molecule is Cc1cccc(C(C)C)c1NC(=O)c1cccc(Br)c1Cl. The lowest BCUT2D eigenvalue weighted by Gasteiger charge is -2.17. The molecule has 0 spiro atoms. The van der Waals surface area contributed by atoms with Crippen molar-refractivity contribution in [3.8, 4) is 0 Å². The van der Waals surface area contributed by atoms with Crippen molar-refractivity contribution in [1.82, 2.24) is 0 Å². The van der Waals surface area contributed by atoms with Crippen LogP contribution in [0.1, 0.15) is 41.3 Å². The van der Waals surface area contributed by atoms with Gasteiger partial charge in [-0.15, -0.1) is 0 Å². The summed E-state index contributed by atoms with van der Waals surface area (Å²) in [7, 11) is 0. The van der Waals surface area contributed by atoms with Gasteiger partial charge in [-0.2, -0.15) is 0 Å². The number of carbonyl (C=O) groups excluding carboxylic acids is 1. The van der Waals surface area contributed by atoms with E-state index in [2.05, 4.69) is 35.1 Å². The van der Waals surface area contributed by atoms with Crippen molar-refractivity contribution in [2.45, 2.75) is 26.7 Å². The summed E-state index contributed by atoms with van der Waals surface area (Å²) in [5.74, 6) is 0.135. The van der Waals surface area contributed by atoms with Gasteiger partial charge >= 0.3 is 0 Å². The number of hydrogen-bond donors (Lipinski definition) is 1.